The Labute approximate surface area is 132 Å². The fraction of sp³-hybridized carbons (Fsp3) is 0. The molecule has 0 amide bonds. The lowest BCUT2D eigenvalue weighted by Crippen LogP contribution is -2.11. The fourth-order valence-corrected chi connectivity index (χ4v) is 2.56. The zero-order chi connectivity index (χ0) is 14.8. The summed E-state index contributed by atoms with van der Waals surface area (Å²) in [5.74, 6) is 0. The molecule has 0 aliphatic heterocycles. The number of fused-ring (bicyclic) bond motifs is 1. The third-order valence-electron chi connectivity index (χ3n) is 3.20. The van der Waals surface area contributed by atoms with Crippen molar-refractivity contribution in [3.05, 3.63) is 65.4 Å². The molecule has 0 atom stereocenters. The van der Waals surface area contributed by atoms with Crippen LogP contribution in [-0.2, 0) is 0 Å². The highest BCUT2D eigenvalue weighted by Gasteiger charge is 2.08. The average Bonchev–Trinajstić information content (AvgIpc) is 2.47. The molecular formula is C16H12ClN3S. The summed E-state index contributed by atoms with van der Waals surface area (Å²) in [6.45, 7) is 0. The summed E-state index contributed by atoms with van der Waals surface area (Å²) in [7, 11) is 0. The van der Waals surface area contributed by atoms with Gasteiger partial charge in [-0.25, -0.2) is 0 Å². The number of rotatable bonds is 3. The van der Waals surface area contributed by atoms with Gasteiger partial charge >= 0.3 is 0 Å². The van der Waals surface area contributed by atoms with Gasteiger partial charge in [-0.15, -0.1) is 0 Å². The molecule has 5 heteroatoms. The highest BCUT2D eigenvalue weighted by Crippen LogP contribution is 2.29. The second-order valence-corrected chi connectivity index (χ2v) is 5.46. The van der Waals surface area contributed by atoms with Crippen molar-refractivity contribution < 1.29 is 0 Å². The molecule has 0 bridgehead atoms. The number of nitrogens with two attached hydrogens (primary N) is 1. The molecule has 3 nitrogen and oxygen atoms in total. The lowest BCUT2D eigenvalue weighted by molar-refractivity contribution is 1.36. The Bertz CT molecular complexity index is 827. The quantitative estimate of drug-likeness (QED) is 0.709. The zero-order valence-electron chi connectivity index (χ0n) is 11.0. The Kier molecular flexibility index (Phi) is 3.73. The first-order valence-corrected chi connectivity index (χ1v) is 7.13. The van der Waals surface area contributed by atoms with E-state index in [1.54, 1.807) is 12.3 Å². The van der Waals surface area contributed by atoms with Gasteiger partial charge in [0.15, 0.2) is 0 Å². The first-order valence-electron chi connectivity index (χ1n) is 6.34. The van der Waals surface area contributed by atoms with E-state index in [0.717, 1.165) is 27.7 Å². The van der Waals surface area contributed by atoms with E-state index in [-0.39, 0.29) is 0 Å². The van der Waals surface area contributed by atoms with E-state index < -0.39 is 0 Å². The monoisotopic (exact) mass is 313 g/mol. The van der Waals surface area contributed by atoms with Crippen molar-refractivity contribution in [1.29, 1.82) is 0 Å². The maximum Gasteiger partial charge on any atom is 0.106 e. The summed E-state index contributed by atoms with van der Waals surface area (Å²) < 4.78 is 0. The highest BCUT2D eigenvalue weighted by atomic mass is 35.5. The summed E-state index contributed by atoms with van der Waals surface area (Å²) in [4.78, 5) is 4.46. The van der Waals surface area contributed by atoms with Crippen molar-refractivity contribution in [1.82, 2.24) is 4.98 Å². The lowest BCUT2D eigenvalue weighted by Gasteiger charge is -2.13. The normalized spacial score (nSPS) is 10.5. The molecule has 0 spiro atoms. The SMILES string of the molecule is NC(=S)c1ccc(Cl)cc1Nc1cccc2cnccc12. The van der Waals surface area contributed by atoms with Crippen LogP contribution in [0.1, 0.15) is 5.56 Å². The van der Waals surface area contributed by atoms with Gasteiger partial charge in [-0.1, -0.05) is 36.0 Å². The van der Waals surface area contributed by atoms with Gasteiger partial charge in [0.05, 0.1) is 5.69 Å². The molecule has 0 saturated carbocycles. The molecular weight excluding hydrogens is 302 g/mol. The van der Waals surface area contributed by atoms with E-state index in [4.69, 9.17) is 29.6 Å². The molecule has 0 aliphatic carbocycles. The van der Waals surface area contributed by atoms with Crippen molar-refractivity contribution in [2.24, 2.45) is 5.73 Å². The average molecular weight is 314 g/mol. The number of nitrogens with zero attached hydrogens (tertiary/aromatic N) is 1. The van der Waals surface area contributed by atoms with Crippen molar-refractivity contribution >= 4 is 51.0 Å². The van der Waals surface area contributed by atoms with Gasteiger partial charge in [0, 0.05) is 39.4 Å². The molecule has 104 valence electrons. The number of halogens is 1. The molecule has 1 heterocycles. The van der Waals surface area contributed by atoms with Gasteiger partial charge in [0.2, 0.25) is 0 Å². The Balaban J connectivity index is 2.11. The van der Waals surface area contributed by atoms with Crippen LogP contribution in [0.15, 0.2) is 54.9 Å². The standard InChI is InChI=1S/C16H12ClN3S/c17-11-4-5-13(16(18)21)15(8-11)20-14-3-1-2-10-9-19-7-6-12(10)14/h1-9,20H,(H2,18,21). The van der Waals surface area contributed by atoms with Gasteiger partial charge in [-0.3, -0.25) is 4.98 Å². The number of benzene rings is 2. The third-order valence-corrected chi connectivity index (χ3v) is 3.65. The van der Waals surface area contributed by atoms with Crippen molar-refractivity contribution in [2.75, 3.05) is 5.32 Å². The maximum absolute atomic E-state index is 6.07. The Morgan fingerprint density at radius 2 is 2.00 bits per heavy atom. The van der Waals surface area contributed by atoms with Crippen LogP contribution in [0.3, 0.4) is 0 Å². The first kappa shape index (κ1) is 13.8. The van der Waals surface area contributed by atoms with Gasteiger partial charge in [-0.05, 0) is 30.3 Å². The van der Waals surface area contributed by atoms with Gasteiger partial charge in [0.1, 0.15) is 4.99 Å². The lowest BCUT2D eigenvalue weighted by atomic mass is 10.1. The molecule has 1 aromatic heterocycles. The van der Waals surface area contributed by atoms with Crippen LogP contribution in [0.25, 0.3) is 10.8 Å². The molecule has 3 aromatic rings. The van der Waals surface area contributed by atoms with Crippen LogP contribution in [0.5, 0.6) is 0 Å². The van der Waals surface area contributed by atoms with E-state index in [2.05, 4.69) is 10.3 Å². The molecule has 3 rings (SSSR count). The first-order chi connectivity index (χ1) is 10.1. The van der Waals surface area contributed by atoms with Crippen LogP contribution < -0.4 is 11.1 Å². The zero-order valence-corrected chi connectivity index (χ0v) is 12.6. The van der Waals surface area contributed by atoms with E-state index >= 15 is 0 Å². The number of hydrogen-bond acceptors (Lipinski definition) is 3. The number of thiocarbonyl (C=S) groups is 1. The summed E-state index contributed by atoms with van der Waals surface area (Å²) in [6.07, 6.45) is 3.59. The highest BCUT2D eigenvalue weighted by molar-refractivity contribution is 7.80. The molecule has 0 radical (unpaired) electrons. The molecule has 0 aliphatic rings. The molecule has 0 saturated heterocycles. The van der Waals surface area contributed by atoms with Crippen molar-refractivity contribution in [3.8, 4) is 0 Å². The second-order valence-electron chi connectivity index (χ2n) is 4.58. The molecule has 0 fully saturated rings. The van der Waals surface area contributed by atoms with E-state index in [0.29, 0.717) is 10.0 Å². The van der Waals surface area contributed by atoms with Gasteiger partial charge in [-0.2, -0.15) is 0 Å². The second kappa shape index (κ2) is 5.68. The largest absolute Gasteiger partial charge is 0.389 e. The number of aromatic nitrogens is 1. The minimum Gasteiger partial charge on any atom is -0.389 e. The number of pyridine rings is 1. The summed E-state index contributed by atoms with van der Waals surface area (Å²) in [5, 5.41) is 6.11. The van der Waals surface area contributed by atoms with Crippen LogP contribution in [0.2, 0.25) is 5.02 Å². The molecule has 2 aromatic carbocycles. The summed E-state index contributed by atoms with van der Waals surface area (Å²) in [6, 6.07) is 13.3. The fourth-order valence-electron chi connectivity index (χ4n) is 2.21. The molecule has 0 unspecified atom stereocenters. The number of hydrogen-bond donors (Lipinski definition) is 2. The van der Waals surface area contributed by atoms with Gasteiger partial charge < -0.3 is 11.1 Å². The van der Waals surface area contributed by atoms with Crippen LogP contribution in [-0.4, -0.2) is 9.97 Å². The van der Waals surface area contributed by atoms with Crippen molar-refractivity contribution in [3.63, 3.8) is 0 Å². The predicted octanol–water partition coefficient (Wildman–Crippen LogP) is 4.27. The van der Waals surface area contributed by atoms with E-state index in [1.165, 1.54) is 0 Å². The van der Waals surface area contributed by atoms with Crippen LogP contribution in [0.4, 0.5) is 11.4 Å². The van der Waals surface area contributed by atoms with Crippen molar-refractivity contribution in [2.45, 2.75) is 0 Å². The Hall–Kier alpha value is -2.17. The smallest absolute Gasteiger partial charge is 0.106 e. The molecule has 3 N–H and O–H groups in total. The Morgan fingerprint density at radius 1 is 1.14 bits per heavy atom. The molecule has 21 heavy (non-hydrogen) atoms. The Morgan fingerprint density at radius 3 is 2.81 bits per heavy atom. The van der Waals surface area contributed by atoms with Crippen LogP contribution in [0, 0.1) is 0 Å². The number of anilines is 2. The van der Waals surface area contributed by atoms with E-state index in [1.807, 2.05) is 42.6 Å². The third kappa shape index (κ3) is 2.82. The topological polar surface area (TPSA) is 50.9 Å². The van der Waals surface area contributed by atoms with E-state index in [9.17, 15) is 0 Å². The predicted molar refractivity (Wildman–Crippen MR) is 92.4 cm³/mol. The summed E-state index contributed by atoms with van der Waals surface area (Å²) >= 11 is 11.2. The summed E-state index contributed by atoms with van der Waals surface area (Å²) in [5.41, 5.74) is 8.28. The minimum atomic E-state index is 0.330. The number of nitrogens with one attached hydrogen (secondary N) is 1. The minimum absolute atomic E-state index is 0.330. The van der Waals surface area contributed by atoms with Crippen LogP contribution >= 0.6 is 23.8 Å². The maximum atomic E-state index is 6.07. The van der Waals surface area contributed by atoms with Gasteiger partial charge in [0.25, 0.3) is 0 Å².